The molecule has 4 heteroatoms. The van der Waals surface area contributed by atoms with Crippen molar-refractivity contribution in [1.82, 2.24) is 10.2 Å². The lowest BCUT2D eigenvalue weighted by atomic mass is 10.3. The van der Waals surface area contributed by atoms with E-state index in [0.29, 0.717) is 0 Å². The summed E-state index contributed by atoms with van der Waals surface area (Å²) in [6.45, 7) is 6.04. The van der Waals surface area contributed by atoms with Crippen molar-refractivity contribution < 1.29 is 4.42 Å². The van der Waals surface area contributed by atoms with Crippen LogP contribution in [0.1, 0.15) is 22.4 Å². The monoisotopic (exact) mass is 264 g/mol. The van der Waals surface area contributed by atoms with E-state index in [9.17, 15) is 0 Å². The normalized spacial score (nSPS) is 11.3. The Morgan fingerprint density at radius 3 is 2.72 bits per heavy atom. The molecule has 0 aliphatic heterocycles. The Morgan fingerprint density at radius 2 is 2.06 bits per heavy atom. The third-order valence-corrected chi connectivity index (χ3v) is 3.92. The molecular weight excluding hydrogens is 244 g/mol. The molecule has 2 heterocycles. The Bertz CT molecular complexity index is 450. The highest BCUT2D eigenvalue weighted by Crippen LogP contribution is 2.19. The van der Waals surface area contributed by atoms with E-state index in [1.807, 2.05) is 30.5 Å². The van der Waals surface area contributed by atoms with Gasteiger partial charge in [-0.2, -0.15) is 0 Å². The van der Waals surface area contributed by atoms with Crippen LogP contribution in [0, 0.1) is 0 Å². The minimum absolute atomic E-state index is 0.878. The smallest absolute Gasteiger partial charge is 0.117 e. The number of hydrogen-bond donors (Lipinski definition) is 1. The zero-order valence-corrected chi connectivity index (χ0v) is 11.8. The first-order valence-electron chi connectivity index (χ1n) is 6.28. The van der Waals surface area contributed by atoms with Gasteiger partial charge in [-0.05, 0) is 37.9 Å². The topological polar surface area (TPSA) is 28.4 Å². The fourth-order valence-electron chi connectivity index (χ4n) is 1.90. The Hall–Kier alpha value is -1.10. The number of thiophene rings is 1. The van der Waals surface area contributed by atoms with Crippen LogP contribution in [0.3, 0.4) is 0 Å². The predicted molar refractivity (Wildman–Crippen MR) is 75.6 cm³/mol. The van der Waals surface area contributed by atoms with E-state index in [0.717, 1.165) is 31.9 Å². The maximum absolute atomic E-state index is 5.40. The van der Waals surface area contributed by atoms with Gasteiger partial charge in [-0.1, -0.05) is 6.92 Å². The van der Waals surface area contributed by atoms with E-state index in [1.54, 1.807) is 6.26 Å². The largest absolute Gasteiger partial charge is 0.468 e. The Kier molecular flexibility index (Phi) is 4.99. The van der Waals surface area contributed by atoms with Gasteiger partial charge in [0.05, 0.1) is 12.8 Å². The summed E-state index contributed by atoms with van der Waals surface area (Å²) in [6.07, 6.45) is 1.74. The minimum atomic E-state index is 0.878. The second-order valence-corrected chi connectivity index (χ2v) is 5.53. The van der Waals surface area contributed by atoms with Gasteiger partial charge in [-0.3, -0.25) is 4.90 Å². The maximum atomic E-state index is 5.40. The van der Waals surface area contributed by atoms with Crippen molar-refractivity contribution in [3.8, 4) is 0 Å². The van der Waals surface area contributed by atoms with Crippen molar-refractivity contribution in [3.05, 3.63) is 46.0 Å². The Labute approximate surface area is 112 Å². The molecule has 0 fully saturated rings. The molecular formula is C14H20N2OS. The first kappa shape index (κ1) is 13.3. The van der Waals surface area contributed by atoms with E-state index < -0.39 is 0 Å². The molecule has 2 aromatic rings. The van der Waals surface area contributed by atoms with Crippen molar-refractivity contribution in [2.24, 2.45) is 0 Å². The van der Waals surface area contributed by atoms with Gasteiger partial charge in [0.15, 0.2) is 0 Å². The van der Waals surface area contributed by atoms with Crippen LogP contribution in [-0.2, 0) is 19.6 Å². The van der Waals surface area contributed by atoms with Crippen LogP contribution in [0.25, 0.3) is 0 Å². The minimum Gasteiger partial charge on any atom is -0.468 e. The standard InChI is InChI=1S/C14H20N2OS/c1-3-16(10-12-5-4-8-17-12)11-14-7-6-13(18-14)9-15-2/h4-8,15H,3,9-11H2,1-2H3. The molecule has 0 aliphatic rings. The number of furan rings is 1. The molecule has 0 saturated carbocycles. The van der Waals surface area contributed by atoms with Crippen LogP contribution in [0.5, 0.6) is 0 Å². The summed E-state index contributed by atoms with van der Waals surface area (Å²) in [7, 11) is 1.98. The molecule has 18 heavy (non-hydrogen) atoms. The zero-order valence-electron chi connectivity index (χ0n) is 11.0. The summed E-state index contributed by atoms with van der Waals surface area (Å²) in [5, 5.41) is 3.18. The molecule has 0 amide bonds. The van der Waals surface area contributed by atoms with Crippen LogP contribution in [-0.4, -0.2) is 18.5 Å². The van der Waals surface area contributed by atoms with E-state index >= 15 is 0 Å². The molecule has 0 bridgehead atoms. The molecule has 2 aromatic heterocycles. The first-order valence-corrected chi connectivity index (χ1v) is 7.10. The number of hydrogen-bond acceptors (Lipinski definition) is 4. The SMILES string of the molecule is CCN(Cc1ccco1)Cc1ccc(CNC)s1. The molecule has 0 atom stereocenters. The summed E-state index contributed by atoms with van der Waals surface area (Å²) in [4.78, 5) is 5.18. The Morgan fingerprint density at radius 1 is 1.22 bits per heavy atom. The van der Waals surface area contributed by atoms with Gasteiger partial charge in [-0.25, -0.2) is 0 Å². The van der Waals surface area contributed by atoms with E-state index in [-0.39, 0.29) is 0 Å². The lowest BCUT2D eigenvalue weighted by Gasteiger charge is -2.17. The average Bonchev–Trinajstić information content (AvgIpc) is 3.01. The Balaban J connectivity index is 1.92. The van der Waals surface area contributed by atoms with E-state index in [2.05, 4.69) is 29.3 Å². The van der Waals surface area contributed by atoms with E-state index in [1.165, 1.54) is 9.75 Å². The van der Waals surface area contributed by atoms with Crippen molar-refractivity contribution in [1.29, 1.82) is 0 Å². The molecule has 0 radical (unpaired) electrons. The maximum Gasteiger partial charge on any atom is 0.117 e. The highest BCUT2D eigenvalue weighted by molar-refractivity contribution is 7.11. The zero-order chi connectivity index (χ0) is 12.8. The molecule has 0 unspecified atom stereocenters. The van der Waals surface area contributed by atoms with Crippen LogP contribution in [0.4, 0.5) is 0 Å². The summed E-state index contributed by atoms with van der Waals surface area (Å²) in [5.41, 5.74) is 0. The van der Waals surface area contributed by atoms with Gasteiger partial charge in [0.25, 0.3) is 0 Å². The third kappa shape index (κ3) is 3.70. The lowest BCUT2D eigenvalue weighted by Crippen LogP contribution is -2.21. The highest BCUT2D eigenvalue weighted by atomic mass is 32.1. The molecule has 98 valence electrons. The van der Waals surface area contributed by atoms with Crippen molar-refractivity contribution in [2.45, 2.75) is 26.6 Å². The number of rotatable bonds is 7. The van der Waals surface area contributed by atoms with E-state index in [4.69, 9.17) is 4.42 Å². The molecule has 3 nitrogen and oxygen atoms in total. The first-order chi connectivity index (χ1) is 8.81. The van der Waals surface area contributed by atoms with Crippen molar-refractivity contribution >= 4 is 11.3 Å². The second-order valence-electron chi connectivity index (χ2n) is 4.28. The van der Waals surface area contributed by atoms with Crippen LogP contribution in [0.2, 0.25) is 0 Å². The summed E-state index contributed by atoms with van der Waals surface area (Å²) < 4.78 is 5.40. The number of nitrogens with one attached hydrogen (secondary N) is 1. The predicted octanol–water partition coefficient (Wildman–Crippen LogP) is 3.08. The fourth-order valence-corrected chi connectivity index (χ4v) is 2.97. The molecule has 2 rings (SSSR count). The van der Waals surface area contributed by atoms with Crippen molar-refractivity contribution in [3.63, 3.8) is 0 Å². The van der Waals surface area contributed by atoms with Crippen LogP contribution >= 0.6 is 11.3 Å². The second kappa shape index (κ2) is 6.73. The van der Waals surface area contributed by atoms with Gasteiger partial charge in [0.2, 0.25) is 0 Å². The van der Waals surface area contributed by atoms with Gasteiger partial charge in [0.1, 0.15) is 5.76 Å². The van der Waals surface area contributed by atoms with Gasteiger partial charge >= 0.3 is 0 Å². The molecule has 0 spiro atoms. The van der Waals surface area contributed by atoms with Crippen LogP contribution < -0.4 is 5.32 Å². The summed E-state index contributed by atoms with van der Waals surface area (Å²) >= 11 is 1.88. The average molecular weight is 264 g/mol. The summed E-state index contributed by atoms with van der Waals surface area (Å²) in [5.74, 6) is 1.03. The van der Waals surface area contributed by atoms with Gasteiger partial charge in [-0.15, -0.1) is 11.3 Å². The third-order valence-electron chi connectivity index (χ3n) is 2.85. The van der Waals surface area contributed by atoms with Gasteiger partial charge in [0, 0.05) is 22.8 Å². The number of nitrogens with zero attached hydrogens (tertiary/aromatic N) is 1. The molecule has 0 saturated heterocycles. The summed E-state index contributed by atoms with van der Waals surface area (Å²) in [6, 6.07) is 8.40. The quantitative estimate of drug-likeness (QED) is 0.833. The molecule has 1 N–H and O–H groups in total. The highest BCUT2D eigenvalue weighted by Gasteiger charge is 2.08. The molecule has 0 aliphatic carbocycles. The van der Waals surface area contributed by atoms with Gasteiger partial charge < -0.3 is 9.73 Å². The van der Waals surface area contributed by atoms with Crippen LogP contribution in [0.15, 0.2) is 34.9 Å². The molecule has 0 aromatic carbocycles. The van der Waals surface area contributed by atoms with Crippen molar-refractivity contribution in [2.75, 3.05) is 13.6 Å². The lowest BCUT2D eigenvalue weighted by molar-refractivity contribution is 0.250. The fraction of sp³-hybridized carbons (Fsp3) is 0.429.